The van der Waals surface area contributed by atoms with Crippen molar-refractivity contribution in [2.75, 3.05) is 18.4 Å². The third-order valence-electron chi connectivity index (χ3n) is 5.23. The number of amides is 2. The summed E-state index contributed by atoms with van der Waals surface area (Å²) in [6, 6.07) is 3.70. The Balaban J connectivity index is 1.55. The monoisotopic (exact) mass is 345 g/mol. The van der Waals surface area contributed by atoms with Crippen molar-refractivity contribution in [1.82, 2.24) is 20.4 Å². The van der Waals surface area contributed by atoms with E-state index in [0.29, 0.717) is 19.1 Å². The second kappa shape index (κ2) is 8.27. The van der Waals surface area contributed by atoms with Crippen LogP contribution in [0.15, 0.2) is 18.3 Å². The summed E-state index contributed by atoms with van der Waals surface area (Å²) >= 11 is 0. The number of likely N-dealkylation sites (tertiary alicyclic amines) is 1. The summed E-state index contributed by atoms with van der Waals surface area (Å²) < 4.78 is 0. The van der Waals surface area contributed by atoms with Gasteiger partial charge in [0.1, 0.15) is 11.9 Å². The van der Waals surface area contributed by atoms with E-state index >= 15 is 0 Å². The van der Waals surface area contributed by atoms with E-state index in [1.165, 1.54) is 6.92 Å². The highest BCUT2D eigenvalue weighted by atomic mass is 16.2. The molecule has 1 atom stereocenters. The zero-order valence-corrected chi connectivity index (χ0v) is 14.8. The molecule has 2 aliphatic rings. The average molecular weight is 345 g/mol. The highest BCUT2D eigenvalue weighted by molar-refractivity contribution is 5.87. The van der Waals surface area contributed by atoms with Crippen molar-refractivity contribution < 1.29 is 9.59 Å². The van der Waals surface area contributed by atoms with Crippen molar-refractivity contribution in [3.63, 3.8) is 0 Å². The lowest BCUT2D eigenvalue weighted by atomic mass is 9.95. The average Bonchev–Trinajstić information content (AvgIpc) is 3.15. The van der Waals surface area contributed by atoms with Crippen LogP contribution < -0.4 is 10.6 Å². The van der Waals surface area contributed by atoms with Crippen molar-refractivity contribution in [3.05, 3.63) is 18.3 Å². The normalized spacial score (nSPS) is 20.3. The van der Waals surface area contributed by atoms with Crippen LogP contribution in [0.3, 0.4) is 0 Å². The maximum Gasteiger partial charge on any atom is 0.245 e. The lowest BCUT2D eigenvalue weighted by Crippen LogP contribution is -2.54. The Morgan fingerprint density at radius 3 is 2.52 bits per heavy atom. The molecule has 0 aromatic carbocycles. The van der Waals surface area contributed by atoms with E-state index in [1.54, 1.807) is 6.20 Å². The predicted octanol–water partition coefficient (Wildman–Crippen LogP) is 1.57. The summed E-state index contributed by atoms with van der Waals surface area (Å²) in [5.41, 5.74) is 0. The van der Waals surface area contributed by atoms with Crippen LogP contribution in [0.1, 0.15) is 45.4 Å². The van der Waals surface area contributed by atoms with Crippen LogP contribution in [0.5, 0.6) is 0 Å². The molecule has 2 N–H and O–H groups in total. The van der Waals surface area contributed by atoms with Crippen LogP contribution in [0.2, 0.25) is 0 Å². The molecule has 0 radical (unpaired) electrons. The quantitative estimate of drug-likeness (QED) is 0.846. The van der Waals surface area contributed by atoms with Crippen LogP contribution in [-0.2, 0) is 9.59 Å². The van der Waals surface area contributed by atoms with E-state index in [4.69, 9.17) is 0 Å². The molecule has 136 valence electrons. The molecule has 2 amide bonds. The first-order valence-electron chi connectivity index (χ1n) is 9.23. The Morgan fingerprint density at radius 1 is 1.20 bits per heavy atom. The zero-order chi connectivity index (χ0) is 17.6. The van der Waals surface area contributed by atoms with Crippen molar-refractivity contribution in [2.45, 2.75) is 57.5 Å². The number of nitrogens with zero attached hydrogens (tertiary/aromatic N) is 3. The van der Waals surface area contributed by atoms with Crippen LogP contribution in [0, 0.1) is 5.92 Å². The standard InChI is InChI=1S/C18H27N5O2/c1-13(24)20-17(14-5-2-3-6-14)18(25)23-11-8-15(9-12-23)21-16-7-4-10-19-22-16/h4,7,10,14-15,17H,2-3,5-6,8-9,11-12H2,1H3,(H,20,24)(H,21,22)/t17-/m1/s1. The molecule has 25 heavy (non-hydrogen) atoms. The molecule has 0 spiro atoms. The largest absolute Gasteiger partial charge is 0.366 e. The Morgan fingerprint density at radius 2 is 1.92 bits per heavy atom. The first-order chi connectivity index (χ1) is 12.1. The third kappa shape index (κ3) is 4.67. The molecule has 1 aliphatic heterocycles. The van der Waals surface area contributed by atoms with Gasteiger partial charge < -0.3 is 15.5 Å². The molecule has 1 aliphatic carbocycles. The van der Waals surface area contributed by atoms with Crippen LogP contribution in [-0.4, -0.2) is 52.1 Å². The number of rotatable bonds is 5. The summed E-state index contributed by atoms with van der Waals surface area (Å²) in [5, 5.41) is 14.2. The molecule has 3 rings (SSSR count). The van der Waals surface area contributed by atoms with Crippen LogP contribution in [0.25, 0.3) is 0 Å². The van der Waals surface area contributed by atoms with Crippen molar-refractivity contribution in [1.29, 1.82) is 0 Å². The van der Waals surface area contributed by atoms with Crippen molar-refractivity contribution in [2.24, 2.45) is 5.92 Å². The number of piperidine rings is 1. The molecule has 1 saturated heterocycles. The Labute approximate surface area is 148 Å². The molecule has 1 aromatic rings. The van der Waals surface area contributed by atoms with Gasteiger partial charge in [0, 0.05) is 32.3 Å². The number of carbonyl (C=O) groups excluding carboxylic acids is 2. The molecule has 2 heterocycles. The second-order valence-corrected chi connectivity index (χ2v) is 7.08. The van der Waals surface area contributed by atoms with Gasteiger partial charge in [0.05, 0.1) is 0 Å². The second-order valence-electron chi connectivity index (χ2n) is 7.08. The van der Waals surface area contributed by atoms with E-state index in [0.717, 1.165) is 44.3 Å². The Kier molecular flexibility index (Phi) is 5.83. The van der Waals surface area contributed by atoms with Gasteiger partial charge in [-0.05, 0) is 43.7 Å². The van der Waals surface area contributed by atoms with Gasteiger partial charge in [0.15, 0.2) is 0 Å². The number of hydrogen-bond acceptors (Lipinski definition) is 5. The summed E-state index contributed by atoms with van der Waals surface area (Å²) in [7, 11) is 0. The van der Waals surface area contributed by atoms with Gasteiger partial charge in [0.25, 0.3) is 0 Å². The minimum atomic E-state index is -0.357. The van der Waals surface area contributed by atoms with Gasteiger partial charge in [-0.3, -0.25) is 9.59 Å². The molecule has 1 aromatic heterocycles. The van der Waals surface area contributed by atoms with E-state index in [1.807, 2.05) is 17.0 Å². The molecular weight excluding hydrogens is 318 g/mol. The SMILES string of the molecule is CC(=O)N[C@@H](C(=O)N1CCC(Nc2cccnn2)CC1)C1CCCC1. The number of nitrogens with one attached hydrogen (secondary N) is 2. The molecule has 0 bridgehead atoms. The highest BCUT2D eigenvalue weighted by Crippen LogP contribution is 2.29. The summed E-state index contributed by atoms with van der Waals surface area (Å²) in [6.45, 7) is 2.91. The molecule has 7 heteroatoms. The van der Waals surface area contributed by atoms with Crippen LogP contribution >= 0.6 is 0 Å². The maximum absolute atomic E-state index is 13.0. The van der Waals surface area contributed by atoms with Gasteiger partial charge in [-0.2, -0.15) is 5.10 Å². The third-order valence-corrected chi connectivity index (χ3v) is 5.23. The van der Waals surface area contributed by atoms with Gasteiger partial charge in [-0.25, -0.2) is 0 Å². The topological polar surface area (TPSA) is 87.2 Å². The lowest BCUT2D eigenvalue weighted by molar-refractivity contribution is -0.138. The first-order valence-corrected chi connectivity index (χ1v) is 9.23. The molecule has 0 unspecified atom stereocenters. The van der Waals surface area contributed by atoms with E-state index in [-0.39, 0.29) is 23.8 Å². The van der Waals surface area contributed by atoms with Gasteiger partial charge in [0.2, 0.25) is 11.8 Å². The Bertz CT molecular complexity index is 580. The van der Waals surface area contributed by atoms with Gasteiger partial charge in [-0.1, -0.05) is 12.8 Å². The molecule has 7 nitrogen and oxygen atoms in total. The zero-order valence-electron chi connectivity index (χ0n) is 14.8. The van der Waals surface area contributed by atoms with E-state index in [2.05, 4.69) is 20.8 Å². The minimum absolute atomic E-state index is 0.0834. The Hall–Kier alpha value is -2.18. The first kappa shape index (κ1) is 17.6. The summed E-state index contributed by atoms with van der Waals surface area (Å²) in [6.07, 6.45) is 7.76. The number of carbonyl (C=O) groups is 2. The fourth-order valence-electron chi connectivity index (χ4n) is 3.92. The summed E-state index contributed by atoms with van der Waals surface area (Å²) in [5.74, 6) is 1.02. The maximum atomic E-state index is 13.0. The van der Waals surface area contributed by atoms with Crippen molar-refractivity contribution >= 4 is 17.6 Å². The molecular formula is C18H27N5O2. The van der Waals surface area contributed by atoms with E-state index < -0.39 is 0 Å². The number of hydrogen-bond donors (Lipinski definition) is 2. The minimum Gasteiger partial charge on any atom is -0.366 e. The summed E-state index contributed by atoms with van der Waals surface area (Å²) in [4.78, 5) is 26.4. The number of aromatic nitrogens is 2. The van der Waals surface area contributed by atoms with Crippen molar-refractivity contribution in [3.8, 4) is 0 Å². The van der Waals surface area contributed by atoms with Gasteiger partial charge in [-0.15, -0.1) is 5.10 Å². The molecule has 1 saturated carbocycles. The molecule has 2 fully saturated rings. The van der Waals surface area contributed by atoms with E-state index in [9.17, 15) is 9.59 Å². The lowest BCUT2D eigenvalue weighted by Gasteiger charge is -2.36. The fourth-order valence-corrected chi connectivity index (χ4v) is 3.92. The fraction of sp³-hybridized carbons (Fsp3) is 0.667. The number of anilines is 1. The highest BCUT2D eigenvalue weighted by Gasteiger charge is 2.35. The smallest absolute Gasteiger partial charge is 0.245 e. The predicted molar refractivity (Wildman–Crippen MR) is 94.8 cm³/mol. The van der Waals surface area contributed by atoms with Gasteiger partial charge >= 0.3 is 0 Å². The van der Waals surface area contributed by atoms with Crippen LogP contribution in [0.4, 0.5) is 5.82 Å².